The van der Waals surface area contributed by atoms with E-state index in [0.717, 1.165) is 23.5 Å². The van der Waals surface area contributed by atoms with Crippen molar-refractivity contribution in [2.45, 2.75) is 20.3 Å². The molecule has 0 saturated carbocycles. The third-order valence-electron chi connectivity index (χ3n) is 3.72. The molecule has 3 aromatic rings. The molecule has 0 aliphatic rings. The van der Waals surface area contributed by atoms with E-state index < -0.39 is 0 Å². The van der Waals surface area contributed by atoms with Gasteiger partial charge in [0.1, 0.15) is 11.6 Å². The largest absolute Gasteiger partial charge is 0.492 e. The van der Waals surface area contributed by atoms with E-state index in [2.05, 4.69) is 39.7 Å². The minimum absolute atomic E-state index is 0.545. The van der Waals surface area contributed by atoms with Gasteiger partial charge in [0.05, 0.1) is 12.3 Å². The van der Waals surface area contributed by atoms with Gasteiger partial charge in [-0.2, -0.15) is 4.98 Å². The summed E-state index contributed by atoms with van der Waals surface area (Å²) in [5.41, 5.74) is 3.14. The zero-order valence-electron chi connectivity index (χ0n) is 14.5. The van der Waals surface area contributed by atoms with Crippen LogP contribution in [-0.2, 0) is 6.42 Å². The average molecular weight is 334 g/mol. The molecule has 0 spiro atoms. The summed E-state index contributed by atoms with van der Waals surface area (Å²) in [5, 5.41) is 6.51. The van der Waals surface area contributed by atoms with E-state index >= 15 is 0 Å². The van der Waals surface area contributed by atoms with E-state index in [0.29, 0.717) is 18.4 Å². The molecule has 0 amide bonds. The van der Waals surface area contributed by atoms with Crippen molar-refractivity contribution in [2.24, 2.45) is 0 Å². The molecule has 0 bridgehead atoms. The first kappa shape index (κ1) is 16.8. The Kier molecular flexibility index (Phi) is 5.46. The maximum absolute atomic E-state index is 5.64. The molecular weight excluding hydrogens is 312 g/mol. The van der Waals surface area contributed by atoms with Gasteiger partial charge in [-0.1, -0.05) is 31.2 Å². The van der Waals surface area contributed by atoms with Crippen molar-refractivity contribution in [3.05, 3.63) is 66.4 Å². The van der Waals surface area contributed by atoms with Crippen molar-refractivity contribution in [2.75, 3.05) is 17.2 Å². The summed E-state index contributed by atoms with van der Waals surface area (Å²) in [6, 6.07) is 17.9. The SMILES string of the molecule is CCOc1ccccc1Nc1ccnc(Nc2ccc(CC)cc2)n1. The van der Waals surface area contributed by atoms with Crippen LogP contribution in [0.1, 0.15) is 19.4 Å². The summed E-state index contributed by atoms with van der Waals surface area (Å²) in [4.78, 5) is 8.80. The second kappa shape index (κ2) is 8.15. The average Bonchev–Trinajstić information content (AvgIpc) is 2.65. The molecule has 2 aromatic carbocycles. The Morgan fingerprint density at radius 3 is 2.48 bits per heavy atom. The molecule has 0 fully saturated rings. The van der Waals surface area contributed by atoms with Gasteiger partial charge in [0.2, 0.25) is 5.95 Å². The number of anilines is 4. The highest BCUT2D eigenvalue weighted by atomic mass is 16.5. The van der Waals surface area contributed by atoms with Gasteiger partial charge >= 0.3 is 0 Å². The monoisotopic (exact) mass is 334 g/mol. The molecule has 25 heavy (non-hydrogen) atoms. The Bertz CT molecular complexity index is 818. The highest BCUT2D eigenvalue weighted by Gasteiger charge is 2.05. The lowest BCUT2D eigenvalue weighted by atomic mass is 10.1. The number of ether oxygens (including phenoxy) is 1. The lowest BCUT2D eigenvalue weighted by Crippen LogP contribution is -2.02. The van der Waals surface area contributed by atoms with Gasteiger partial charge < -0.3 is 15.4 Å². The Labute approximate surface area is 148 Å². The third kappa shape index (κ3) is 4.47. The van der Waals surface area contributed by atoms with Crippen LogP contribution in [0.4, 0.5) is 23.1 Å². The van der Waals surface area contributed by atoms with Crippen molar-refractivity contribution in [3.63, 3.8) is 0 Å². The lowest BCUT2D eigenvalue weighted by Gasteiger charge is -2.12. The number of para-hydroxylation sites is 2. The Hall–Kier alpha value is -3.08. The number of nitrogens with zero attached hydrogens (tertiary/aromatic N) is 2. The molecule has 0 atom stereocenters. The number of hydrogen-bond acceptors (Lipinski definition) is 5. The van der Waals surface area contributed by atoms with Crippen LogP contribution in [0.25, 0.3) is 0 Å². The first-order chi connectivity index (χ1) is 12.3. The standard InChI is InChI=1S/C20H22N4O/c1-3-15-9-11-16(12-10-15)22-20-21-14-13-19(24-20)23-17-7-5-6-8-18(17)25-4-2/h5-14H,3-4H2,1-2H3,(H2,21,22,23,24). The van der Waals surface area contributed by atoms with Crippen LogP contribution < -0.4 is 15.4 Å². The van der Waals surface area contributed by atoms with Crippen molar-refractivity contribution in [1.82, 2.24) is 9.97 Å². The van der Waals surface area contributed by atoms with E-state index in [1.165, 1.54) is 5.56 Å². The van der Waals surface area contributed by atoms with Crippen LogP contribution in [0.15, 0.2) is 60.8 Å². The van der Waals surface area contributed by atoms with Gasteiger partial charge in [0, 0.05) is 11.9 Å². The first-order valence-electron chi connectivity index (χ1n) is 8.46. The van der Waals surface area contributed by atoms with Crippen molar-refractivity contribution in [3.8, 4) is 5.75 Å². The first-order valence-corrected chi connectivity index (χ1v) is 8.46. The van der Waals surface area contributed by atoms with Crippen LogP contribution >= 0.6 is 0 Å². The van der Waals surface area contributed by atoms with Crippen molar-refractivity contribution >= 4 is 23.1 Å². The van der Waals surface area contributed by atoms with Gasteiger partial charge in [0.15, 0.2) is 0 Å². The number of nitrogens with one attached hydrogen (secondary N) is 2. The summed E-state index contributed by atoms with van der Waals surface area (Å²) in [7, 11) is 0. The van der Waals surface area contributed by atoms with Crippen LogP contribution in [0.2, 0.25) is 0 Å². The number of aryl methyl sites for hydroxylation is 1. The number of hydrogen-bond donors (Lipinski definition) is 2. The molecular formula is C20H22N4O. The van der Waals surface area contributed by atoms with Crippen molar-refractivity contribution in [1.29, 1.82) is 0 Å². The summed E-state index contributed by atoms with van der Waals surface area (Å²) < 4.78 is 5.64. The Morgan fingerprint density at radius 1 is 0.920 bits per heavy atom. The predicted molar refractivity (Wildman–Crippen MR) is 102 cm³/mol. The zero-order chi connectivity index (χ0) is 17.5. The molecule has 0 radical (unpaired) electrons. The van der Waals surface area contributed by atoms with E-state index in [9.17, 15) is 0 Å². The number of aromatic nitrogens is 2. The van der Waals surface area contributed by atoms with Crippen LogP contribution in [0.5, 0.6) is 5.75 Å². The maximum Gasteiger partial charge on any atom is 0.229 e. The van der Waals surface area contributed by atoms with Gasteiger partial charge in [0.25, 0.3) is 0 Å². The molecule has 3 rings (SSSR count). The molecule has 2 N–H and O–H groups in total. The minimum Gasteiger partial charge on any atom is -0.492 e. The second-order valence-electron chi connectivity index (χ2n) is 5.50. The van der Waals surface area contributed by atoms with Crippen LogP contribution in [0, 0.1) is 0 Å². The summed E-state index contributed by atoms with van der Waals surface area (Å²) in [6.07, 6.45) is 2.75. The minimum atomic E-state index is 0.545. The molecule has 128 valence electrons. The molecule has 0 aliphatic carbocycles. The molecule has 0 aliphatic heterocycles. The molecule has 0 unspecified atom stereocenters. The molecule has 5 heteroatoms. The zero-order valence-corrected chi connectivity index (χ0v) is 14.5. The summed E-state index contributed by atoms with van der Waals surface area (Å²) >= 11 is 0. The van der Waals surface area contributed by atoms with E-state index in [4.69, 9.17) is 4.74 Å². The normalized spacial score (nSPS) is 10.3. The summed E-state index contributed by atoms with van der Waals surface area (Å²) in [6.45, 7) is 4.72. The fourth-order valence-electron chi connectivity index (χ4n) is 2.43. The van der Waals surface area contributed by atoms with Gasteiger partial charge in [-0.15, -0.1) is 0 Å². The second-order valence-corrected chi connectivity index (χ2v) is 5.50. The summed E-state index contributed by atoms with van der Waals surface area (Å²) in [5.74, 6) is 2.05. The van der Waals surface area contributed by atoms with Gasteiger partial charge in [-0.3, -0.25) is 0 Å². The maximum atomic E-state index is 5.64. The topological polar surface area (TPSA) is 59.1 Å². The molecule has 0 saturated heterocycles. The fourth-order valence-corrected chi connectivity index (χ4v) is 2.43. The van der Waals surface area contributed by atoms with Crippen LogP contribution in [-0.4, -0.2) is 16.6 Å². The Balaban J connectivity index is 1.75. The fraction of sp³-hybridized carbons (Fsp3) is 0.200. The quantitative estimate of drug-likeness (QED) is 0.642. The highest BCUT2D eigenvalue weighted by molar-refractivity contribution is 5.65. The van der Waals surface area contributed by atoms with Gasteiger partial charge in [-0.05, 0) is 49.2 Å². The van der Waals surface area contributed by atoms with Crippen molar-refractivity contribution < 1.29 is 4.74 Å². The number of benzene rings is 2. The molecule has 1 heterocycles. The van der Waals surface area contributed by atoms with E-state index in [1.807, 2.05) is 49.4 Å². The van der Waals surface area contributed by atoms with E-state index in [-0.39, 0.29) is 0 Å². The smallest absolute Gasteiger partial charge is 0.229 e. The van der Waals surface area contributed by atoms with E-state index in [1.54, 1.807) is 6.20 Å². The van der Waals surface area contributed by atoms with Crippen LogP contribution in [0.3, 0.4) is 0 Å². The van der Waals surface area contributed by atoms with Gasteiger partial charge in [-0.25, -0.2) is 4.98 Å². The molecule has 5 nitrogen and oxygen atoms in total. The third-order valence-corrected chi connectivity index (χ3v) is 3.72. The Morgan fingerprint density at radius 2 is 1.72 bits per heavy atom. The molecule has 1 aromatic heterocycles. The number of rotatable bonds is 7. The lowest BCUT2D eigenvalue weighted by molar-refractivity contribution is 0.342. The highest BCUT2D eigenvalue weighted by Crippen LogP contribution is 2.27. The predicted octanol–water partition coefficient (Wildman–Crippen LogP) is 4.92.